The summed E-state index contributed by atoms with van der Waals surface area (Å²) in [5.41, 5.74) is 0.493. The lowest BCUT2D eigenvalue weighted by molar-refractivity contribution is -0.129. The zero-order valence-electron chi connectivity index (χ0n) is 14.6. The summed E-state index contributed by atoms with van der Waals surface area (Å²) in [6, 6.07) is 6.85. The minimum atomic E-state index is -0.239. The zero-order chi connectivity index (χ0) is 18.2. The average molecular weight is 346 g/mol. The Morgan fingerprint density at radius 1 is 1.36 bits per heavy atom. The van der Waals surface area contributed by atoms with Gasteiger partial charge in [-0.1, -0.05) is 11.2 Å². The summed E-state index contributed by atoms with van der Waals surface area (Å²) in [6.45, 7) is 2.47. The van der Waals surface area contributed by atoms with Gasteiger partial charge in [-0.3, -0.25) is 9.59 Å². The molecule has 2 rings (SSSR count). The van der Waals surface area contributed by atoms with E-state index in [0.29, 0.717) is 36.0 Å². The van der Waals surface area contributed by atoms with Crippen LogP contribution in [0.2, 0.25) is 0 Å². The van der Waals surface area contributed by atoms with Crippen LogP contribution in [0.25, 0.3) is 0 Å². The summed E-state index contributed by atoms with van der Waals surface area (Å²) >= 11 is 0. The summed E-state index contributed by atoms with van der Waals surface area (Å²) in [4.78, 5) is 29.8. The van der Waals surface area contributed by atoms with E-state index in [-0.39, 0.29) is 24.8 Å². The Labute approximate surface area is 146 Å². The minimum Gasteiger partial charge on any atom is -0.497 e. The highest BCUT2D eigenvalue weighted by Gasteiger charge is 2.12. The third kappa shape index (κ3) is 5.59. The van der Waals surface area contributed by atoms with Gasteiger partial charge in [0.2, 0.25) is 11.8 Å². The van der Waals surface area contributed by atoms with E-state index in [1.165, 1.54) is 0 Å². The van der Waals surface area contributed by atoms with Crippen molar-refractivity contribution in [2.75, 3.05) is 27.2 Å². The second-order valence-corrected chi connectivity index (χ2v) is 5.53. The van der Waals surface area contributed by atoms with E-state index < -0.39 is 0 Å². The molecule has 0 aliphatic rings. The fourth-order valence-corrected chi connectivity index (χ4v) is 2.18. The van der Waals surface area contributed by atoms with E-state index >= 15 is 0 Å². The van der Waals surface area contributed by atoms with Gasteiger partial charge in [0.25, 0.3) is 5.91 Å². The first kappa shape index (κ1) is 18.4. The number of nitrogens with zero attached hydrogens (tertiary/aromatic N) is 3. The smallest absolute Gasteiger partial charge is 0.251 e. The molecular weight excluding hydrogens is 324 g/mol. The normalized spacial score (nSPS) is 10.4. The van der Waals surface area contributed by atoms with Crippen molar-refractivity contribution in [3.63, 3.8) is 0 Å². The molecule has 1 aromatic heterocycles. The van der Waals surface area contributed by atoms with Crippen molar-refractivity contribution in [2.24, 2.45) is 0 Å². The molecule has 0 saturated heterocycles. The number of carbonyl (C=O) groups excluding carboxylic acids is 2. The van der Waals surface area contributed by atoms with E-state index in [9.17, 15) is 9.59 Å². The molecule has 2 amide bonds. The Hall–Kier alpha value is -2.90. The molecule has 1 aromatic carbocycles. The third-order valence-electron chi connectivity index (χ3n) is 3.62. The Bertz CT molecular complexity index is 729. The van der Waals surface area contributed by atoms with Gasteiger partial charge < -0.3 is 19.5 Å². The summed E-state index contributed by atoms with van der Waals surface area (Å²) in [5.74, 6) is 1.38. The van der Waals surface area contributed by atoms with Crippen molar-refractivity contribution in [2.45, 2.75) is 19.8 Å². The highest BCUT2D eigenvalue weighted by atomic mass is 16.5. The quantitative estimate of drug-likeness (QED) is 0.771. The molecule has 0 bridgehead atoms. The molecule has 0 atom stereocenters. The van der Waals surface area contributed by atoms with Crippen LogP contribution >= 0.6 is 0 Å². The second kappa shape index (κ2) is 8.81. The first-order valence-corrected chi connectivity index (χ1v) is 7.95. The van der Waals surface area contributed by atoms with E-state index in [2.05, 4.69) is 15.5 Å². The maximum Gasteiger partial charge on any atom is 0.251 e. The summed E-state index contributed by atoms with van der Waals surface area (Å²) < 4.78 is 9.97. The van der Waals surface area contributed by atoms with Crippen LogP contribution in [0, 0.1) is 6.92 Å². The van der Waals surface area contributed by atoms with Crippen LogP contribution in [-0.2, 0) is 11.2 Å². The lowest BCUT2D eigenvalue weighted by Gasteiger charge is -2.16. The highest BCUT2D eigenvalue weighted by molar-refractivity contribution is 5.94. The van der Waals surface area contributed by atoms with Gasteiger partial charge in [0.1, 0.15) is 5.75 Å². The number of methoxy groups -OCH3 is 1. The number of ether oxygens (including phenoxy) is 1. The topological polar surface area (TPSA) is 97.6 Å². The van der Waals surface area contributed by atoms with Crippen LogP contribution < -0.4 is 10.1 Å². The Morgan fingerprint density at radius 3 is 2.84 bits per heavy atom. The van der Waals surface area contributed by atoms with Crippen LogP contribution in [0.15, 0.2) is 28.8 Å². The Kier molecular flexibility index (Phi) is 6.50. The van der Waals surface area contributed by atoms with Crippen LogP contribution in [0.3, 0.4) is 0 Å². The fraction of sp³-hybridized carbons (Fsp3) is 0.412. The highest BCUT2D eigenvalue weighted by Crippen LogP contribution is 2.12. The number of likely N-dealkylation sites (N-methyl/N-ethyl adjacent to an activating group) is 1. The minimum absolute atomic E-state index is 0.0637. The summed E-state index contributed by atoms with van der Waals surface area (Å²) in [7, 11) is 3.25. The lowest BCUT2D eigenvalue weighted by atomic mass is 10.2. The molecule has 0 saturated carbocycles. The largest absolute Gasteiger partial charge is 0.497 e. The molecule has 0 spiro atoms. The molecule has 0 fully saturated rings. The van der Waals surface area contributed by atoms with Crippen LogP contribution in [0.5, 0.6) is 5.75 Å². The van der Waals surface area contributed by atoms with E-state index in [0.717, 1.165) is 0 Å². The van der Waals surface area contributed by atoms with Crippen molar-refractivity contribution >= 4 is 11.8 Å². The lowest BCUT2D eigenvalue weighted by Crippen LogP contribution is -2.33. The first-order chi connectivity index (χ1) is 12.0. The number of amides is 2. The molecule has 8 heteroatoms. The standard InChI is InChI=1S/C17H22N4O4/c1-12-19-15(20-25-12)8-10-21(2)16(22)7-9-18-17(23)13-5-4-6-14(11-13)24-3/h4-6,11H,7-10H2,1-3H3,(H,18,23). The molecular formula is C17H22N4O4. The number of aryl methyl sites for hydroxylation is 1. The number of hydrogen-bond acceptors (Lipinski definition) is 6. The van der Waals surface area contributed by atoms with Gasteiger partial charge in [-0.15, -0.1) is 0 Å². The number of rotatable bonds is 8. The molecule has 0 unspecified atom stereocenters. The maximum absolute atomic E-state index is 12.1. The van der Waals surface area contributed by atoms with Crippen LogP contribution in [0.4, 0.5) is 0 Å². The monoisotopic (exact) mass is 346 g/mol. The van der Waals surface area contributed by atoms with Crippen LogP contribution in [0.1, 0.15) is 28.5 Å². The maximum atomic E-state index is 12.1. The van der Waals surface area contributed by atoms with Gasteiger partial charge in [-0.05, 0) is 18.2 Å². The molecule has 1 heterocycles. The van der Waals surface area contributed by atoms with Gasteiger partial charge in [0, 0.05) is 45.5 Å². The number of carbonyl (C=O) groups is 2. The van der Waals surface area contributed by atoms with Gasteiger partial charge in [-0.25, -0.2) is 0 Å². The second-order valence-electron chi connectivity index (χ2n) is 5.53. The predicted molar refractivity (Wildman–Crippen MR) is 90.3 cm³/mol. The Balaban J connectivity index is 1.72. The molecule has 2 aromatic rings. The number of hydrogen-bond donors (Lipinski definition) is 1. The van der Waals surface area contributed by atoms with Crippen molar-refractivity contribution in [3.8, 4) is 5.75 Å². The average Bonchev–Trinajstić information content (AvgIpc) is 3.04. The molecule has 25 heavy (non-hydrogen) atoms. The first-order valence-electron chi connectivity index (χ1n) is 7.95. The van der Waals surface area contributed by atoms with Gasteiger partial charge >= 0.3 is 0 Å². The fourth-order valence-electron chi connectivity index (χ4n) is 2.18. The number of nitrogens with one attached hydrogen (secondary N) is 1. The van der Waals surface area contributed by atoms with Crippen LogP contribution in [-0.4, -0.2) is 54.1 Å². The van der Waals surface area contributed by atoms with Gasteiger partial charge in [0.05, 0.1) is 7.11 Å². The number of aromatic nitrogens is 2. The summed E-state index contributed by atoms with van der Waals surface area (Å²) in [6.07, 6.45) is 0.743. The van der Waals surface area contributed by atoms with E-state index in [1.807, 2.05) is 0 Å². The third-order valence-corrected chi connectivity index (χ3v) is 3.62. The van der Waals surface area contributed by atoms with Crippen molar-refractivity contribution in [1.29, 1.82) is 0 Å². The SMILES string of the molecule is COc1cccc(C(=O)NCCC(=O)N(C)CCc2noc(C)n2)c1. The molecule has 0 radical (unpaired) electrons. The van der Waals surface area contributed by atoms with Gasteiger partial charge in [0.15, 0.2) is 5.82 Å². The molecule has 0 aliphatic heterocycles. The van der Waals surface area contributed by atoms with Gasteiger partial charge in [-0.2, -0.15) is 4.98 Å². The molecule has 1 N–H and O–H groups in total. The molecule has 8 nitrogen and oxygen atoms in total. The predicted octanol–water partition coefficient (Wildman–Crippen LogP) is 1.21. The molecule has 0 aliphatic carbocycles. The van der Waals surface area contributed by atoms with Crippen molar-refractivity contribution in [3.05, 3.63) is 41.5 Å². The number of benzene rings is 1. The summed E-state index contributed by atoms with van der Waals surface area (Å²) in [5, 5.41) is 6.52. The van der Waals surface area contributed by atoms with E-state index in [4.69, 9.17) is 9.26 Å². The van der Waals surface area contributed by atoms with E-state index in [1.54, 1.807) is 50.2 Å². The molecule has 134 valence electrons. The Morgan fingerprint density at radius 2 is 2.16 bits per heavy atom. The zero-order valence-corrected chi connectivity index (χ0v) is 14.6. The van der Waals surface area contributed by atoms with Crippen molar-refractivity contribution < 1.29 is 18.8 Å². The van der Waals surface area contributed by atoms with Crippen molar-refractivity contribution in [1.82, 2.24) is 20.4 Å².